The molecule has 1 heterocycles. The van der Waals surface area contributed by atoms with Gasteiger partial charge in [0.25, 0.3) is 0 Å². The van der Waals surface area contributed by atoms with E-state index in [1.807, 2.05) is 78.9 Å². The van der Waals surface area contributed by atoms with Gasteiger partial charge < -0.3 is 33.2 Å². The Morgan fingerprint density at radius 1 is 0.682 bits per heavy atom. The number of carbonyl (C=O) groups excluding carboxylic acids is 1. The van der Waals surface area contributed by atoms with Crippen LogP contribution in [0.15, 0.2) is 78.4 Å². The molecule has 2 aliphatic rings. The summed E-state index contributed by atoms with van der Waals surface area (Å²) in [6.45, 7) is 0.896. The highest BCUT2D eigenvalue weighted by Crippen LogP contribution is 2.56. The van der Waals surface area contributed by atoms with Gasteiger partial charge in [-0.25, -0.2) is 4.79 Å². The van der Waals surface area contributed by atoms with Crippen molar-refractivity contribution in [2.24, 2.45) is 5.92 Å². The van der Waals surface area contributed by atoms with Gasteiger partial charge in [-0.3, -0.25) is 0 Å². The van der Waals surface area contributed by atoms with Crippen LogP contribution in [0.1, 0.15) is 22.3 Å². The lowest BCUT2D eigenvalue weighted by Gasteiger charge is -2.27. The maximum Gasteiger partial charge on any atom is 0.334 e. The molecule has 1 fully saturated rings. The number of hydrogen-bond donors (Lipinski definition) is 0. The minimum Gasteiger partial charge on any atom is -0.493 e. The van der Waals surface area contributed by atoms with E-state index in [1.165, 1.54) is 0 Å². The summed E-state index contributed by atoms with van der Waals surface area (Å²) in [6.07, 6.45) is 2.35. The lowest BCUT2D eigenvalue weighted by molar-refractivity contribution is -0.135. The minimum atomic E-state index is -0.339. The zero-order valence-electron chi connectivity index (χ0n) is 25.2. The molecule has 4 aromatic carbocycles. The van der Waals surface area contributed by atoms with Gasteiger partial charge in [0.2, 0.25) is 11.5 Å². The Morgan fingerprint density at radius 3 is 1.91 bits per heavy atom. The fourth-order valence-corrected chi connectivity index (χ4v) is 5.85. The van der Waals surface area contributed by atoms with E-state index in [9.17, 15) is 4.79 Å². The van der Waals surface area contributed by atoms with Gasteiger partial charge in [0, 0.05) is 22.6 Å². The van der Waals surface area contributed by atoms with Gasteiger partial charge in [-0.1, -0.05) is 60.7 Å². The molecule has 1 atom stereocenters. The van der Waals surface area contributed by atoms with E-state index in [4.69, 9.17) is 33.2 Å². The van der Waals surface area contributed by atoms with Gasteiger partial charge in [-0.2, -0.15) is 0 Å². The number of cyclic esters (lactones) is 1. The predicted octanol–water partition coefficient (Wildman–Crippen LogP) is 6.66. The van der Waals surface area contributed by atoms with Crippen LogP contribution in [0.3, 0.4) is 0 Å². The zero-order chi connectivity index (χ0) is 30.6. The molecule has 44 heavy (non-hydrogen) atoms. The molecule has 1 aliphatic carbocycles. The molecule has 1 aliphatic heterocycles. The topological polar surface area (TPSA) is 81.7 Å². The number of esters is 1. The van der Waals surface area contributed by atoms with Crippen LogP contribution in [0.2, 0.25) is 0 Å². The van der Waals surface area contributed by atoms with Crippen molar-refractivity contribution in [1.29, 1.82) is 0 Å². The molecular weight excluding hydrogens is 560 g/mol. The van der Waals surface area contributed by atoms with Crippen molar-refractivity contribution >= 4 is 12.0 Å². The third kappa shape index (κ3) is 5.39. The summed E-state index contributed by atoms with van der Waals surface area (Å²) >= 11 is 0. The predicted molar refractivity (Wildman–Crippen MR) is 166 cm³/mol. The maximum atomic E-state index is 12.9. The third-order valence-electron chi connectivity index (χ3n) is 7.93. The highest BCUT2D eigenvalue weighted by Gasteiger charge is 2.37. The molecule has 0 aromatic heterocycles. The first-order valence-corrected chi connectivity index (χ1v) is 14.4. The molecule has 0 unspecified atom stereocenters. The summed E-state index contributed by atoms with van der Waals surface area (Å²) < 4.78 is 42.1. The molecule has 0 radical (unpaired) electrons. The van der Waals surface area contributed by atoms with Crippen molar-refractivity contribution in [2.45, 2.75) is 19.6 Å². The van der Waals surface area contributed by atoms with Gasteiger partial charge in [0.1, 0.15) is 13.2 Å². The Balaban J connectivity index is 1.61. The Kier molecular flexibility index (Phi) is 8.32. The van der Waals surface area contributed by atoms with E-state index >= 15 is 0 Å². The molecular formula is C36H34O8. The normalized spacial score (nSPS) is 16.1. The molecule has 8 nitrogen and oxygen atoms in total. The van der Waals surface area contributed by atoms with Crippen LogP contribution in [0, 0.1) is 5.92 Å². The second-order valence-electron chi connectivity index (χ2n) is 10.5. The van der Waals surface area contributed by atoms with Crippen LogP contribution in [-0.4, -0.2) is 41.0 Å². The number of rotatable bonds is 10. The number of hydrogen-bond acceptors (Lipinski definition) is 8. The van der Waals surface area contributed by atoms with Gasteiger partial charge in [0.05, 0.1) is 35.0 Å². The van der Waals surface area contributed by atoms with Gasteiger partial charge in [0.15, 0.2) is 23.0 Å². The van der Waals surface area contributed by atoms with E-state index < -0.39 is 0 Å². The van der Waals surface area contributed by atoms with E-state index in [0.29, 0.717) is 70.8 Å². The fraction of sp³-hybridized carbons (Fsp3) is 0.250. The number of methoxy groups -OCH3 is 4. The smallest absolute Gasteiger partial charge is 0.334 e. The second-order valence-corrected chi connectivity index (χ2v) is 10.5. The van der Waals surface area contributed by atoms with Crippen molar-refractivity contribution in [3.05, 3.63) is 101 Å². The maximum absolute atomic E-state index is 12.9. The monoisotopic (exact) mass is 594 g/mol. The molecule has 0 N–H and O–H groups in total. The standard InChI is InChI=1S/C36H34O8/c1-38-28-17-25-16-27-26(21-44-36(27)37)15-24-18-29(42-19-22-11-7-5-8-12-22)33(43-20-23-13-9-6-10-14-23)35(41-4)30(24)31(25)34(40-3)32(28)39-2/h5-14,16-18,26H,15,19-21H2,1-4H3/b27-16+/t26-/m1/s1. The molecule has 0 bridgehead atoms. The van der Waals surface area contributed by atoms with E-state index in [-0.39, 0.29) is 18.5 Å². The van der Waals surface area contributed by atoms with Crippen LogP contribution in [0.5, 0.6) is 34.5 Å². The summed E-state index contributed by atoms with van der Waals surface area (Å²) in [5.41, 5.74) is 5.61. The first kappa shape index (κ1) is 29.0. The van der Waals surface area contributed by atoms with Crippen molar-refractivity contribution in [3.8, 4) is 45.6 Å². The van der Waals surface area contributed by atoms with Gasteiger partial charge in [-0.15, -0.1) is 0 Å². The first-order chi connectivity index (χ1) is 21.6. The number of benzene rings is 4. The SMILES string of the molecule is COc1cc2c(c(OC)c1OC)-c1c(cc(OCc3ccccc3)c(OCc3ccccc3)c1OC)C[C@@H]1COC(=O)/C1=C/2. The molecule has 226 valence electrons. The lowest BCUT2D eigenvalue weighted by atomic mass is 9.82. The van der Waals surface area contributed by atoms with Crippen molar-refractivity contribution < 1.29 is 38.0 Å². The lowest BCUT2D eigenvalue weighted by Crippen LogP contribution is -2.13. The summed E-state index contributed by atoms with van der Waals surface area (Å²) in [7, 11) is 6.31. The molecule has 8 heteroatoms. The van der Waals surface area contributed by atoms with Crippen LogP contribution < -0.4 is 28.4 Å². The third-order valence-corrected chi connectivity index (χ3v) is 7.93. The van der Waals surface area contributed by atoms with E-state index in [1.54, 1.807) is 28.4 Å². The van der Waals surface area contributed by atoms with Crippen LogP contribution >= 0.6 is 0 Å². The summed E-state index contributed by atoms with van der Waals surface area (Å²) in [4.78, 5) is 12.9. The summed E-state index contributed by atoms with van der Waals surface area (Å²) in [6, 6.07) is 23.7. The molecule has 6 rings (SSSR count). The second kappa shape index (κ2) is 12.6. The van der Waals surface area contributed by atoms with Crippen molar-refractivity contribution in [2.75, 3.05) is 35.0 Å². The summed E-state index contributed by atoms with van der Waals surface area (Å²) in [5.74, 6) is 2.28. The quantitative estimate of drug-likeness (QED) is 0.189. The van der Waals surface area contributed by atoms with Crippen LogP contribution in [-0.2, 0) is 29.2 Å². The highest BCUT2D eigenvalue weighted by atomic mass is 16.5. The van der Waals surface area contributed by atoms with E-state index in [0.717, 1.165) is 22.3 Å². The molecule has 0 saturated carbocycles. The van der Waals surface area contributed by atoms with Crippen LogP contribution in [0.25, 0.3) is 17.2 Å². The number of ether oxygens (including phenoxy) is 7. The largest absolute Gasteiger partial charge is 0.493 e. The van der Waals surface area contributed by atoms with Crippen LogP contribution in [0.4, 0.5) is 0 Å². The van der Waals surface area contributed by atoms with Gasteiger partial charge in [-0.05, 0) is 46.9 Å². The van der Waals surface area contributed by atoms with Crippen molar-refractivity contribution in [3.63, 3.8) is 0 Å². The van der Waals surface area contributed by atoms with E-state index in [2.05, 4.69) is 0 Å². The minimum absolute atomic E-state index is 0.170. The Morgan fingerprint density at radius 2 is 1.30 bits per heavy atom. The summed E-state index contributed by atoms with van der Waals surface area (Å²) in [5, 5.41) is 0. The van der Waals surface area contributed by atoms with Gasteiger partial charge >= 0.3 is 5.97 Å². The Hall–Kier alpha value is -5.11. The fourth-order valence-electron chi connectivity index (χ4n) is 5.85. The Labute approximate surface area is 256 Å². The average molecular weight is 595 g/mol. The first-order valence-electron chi connectivity index (χ1n) is 14.4. The zero-order valence-corrected chi connectivity index (χ0v) is 25.2. The molecule has 0 amide bonds. The average Bonchev–Trinajstić information content (AvgIpc) is 3.39. The number of fused-ring (bicyclic) bond motifs is 4. The molecule has 0 spiro atoms. The van der Waals surface area contributed by atoms with Crippen molar-refractivity contribution in [1.82, 2.24) is 0 Å². The molecule has 4 aromatic rings. The number of carbonyl (C=O) groups is 1. The Bertz CT molecular complexity index is 1700. The highest BCUT2D eigenvalue weighted by molar-refractivity contribution is 6.00. The molecule has 1 saturated heterocycles.